The minimum Gasteiger partial charge on any atom is -0.490 e. The standard InChI is InChI=1S/C14H11ClF3NO/c15-13-6-5-11(7-12(13)14(16,17)18)20-10-3-1-9(8-19)2-4-10/h1,3,5-6,11H,2,4,7H2. The number of rotatable bonds is 2. The molecule has 0 spiro atoms. The number of hydrogen-bond acceptors (Lipinski definition) is 2. The fourth-order valence-corrected chi connectivity index (χ4v) is 2.25. The number of hydrogen-bond donors (Lipinski definition) is 0. The fraction of sp³-hybridized carbons (Fsp3) is 0.357. The minimum absolute atomic E-state index is 0.290. The summed E-state index contributed by atoms with van der Waals surface area (Å²) < 4.78 is 43.8. The highest BCUT2D eigenvalue weighted by Crippen LogP contribution is 2.37. The van der Waals surface area contributed by atoms with E-state index in [2.05, 4.69) is 0 Å². The van der Waals surface area contributed by atoms with Gasteiger partial charge in [-0.2, -0.15) is 18.4 Å². The molecule has 0 aliphatic heterocycles. The number of allylic oxidation sites excluding steroid dienone is 6. The van der Waals surface area contributed by atoms with Crippen LogP contribution in [0, 0.1) is 11.3 Å². The van der Waals surface area contributed by atoms with E-state index >= 15 is 0 Å². The zero-order valence-electron chi connectivity index (χ0n) is 10.4. The highest BCUT2D eigenvalue weighted by Gasteiger charge is 2.38. The highest BCUT2D eigenvalue weighted by atomic mass is 35.5. The SMILES string of the molecule is N#CC1=CC=C(OC2C=CC(Cl)=C(C(F)(F)F)C2)CC1. The second-order valence-electron chi connectivity index (χ2n) is 4.48. The molecular formula is C14H11ClF3NO. The van der Waals surface area contributed by atoms with E-state index in [1.54, 1.807) is 12.2 Å². The van der Waals surface area contributed by atoms with Crippen molar-refractivity contribution in [1.82, 2.24) is 0 Å². The molecule has 2 aliphatic rings. The first-order valence-electron chi connectivity index (χ1n) is 6.00. The average Bonchev–Trinajstić information content (AvgIpc) is 2.40. The summed E-state index contributed by atoms with van der Waals surface area (Å²) in [4.78, 5) is 0. The van der Waals surface area contributed by atoms with E-state index in [9.17, 15) is 13.2 Å². The summed E-state index contributed by atoms with van der Waals surface area (Å²) in [6.45, 7) is 0. The Balaban J connectivity index is 2.05. The van der Waals surface area contributed by atoms with Gasteiger partial charge < -0.3 is 4.74 Å². The Labute approximate surface area is 119 Å². The summed E-state index contributed by atoms with van der Waals surface area (Å²) in [5, 5.41) is 8.42. The summed E-state index contributed by atoms with van der Waals surface area (Å²) in [5.74, 6) is 0.582. The van der Waals surface area contributed by atoms with Crippen LogP contribution in [-0.2, 0) is 4.74 Å². The van der Waals surface area contributed by atoms with Crippen LogP contribution >= 0.6 is 11.6 Å². The lowest BCUT2D eigenvalue weighted by Crippen LogP contribution is -2.22. The predicted molar refractivity (Wildman–Crippen MR) is 68.6 cm³/mol. The van der Waals surface area contributed by atoms with Gasteiger partial charge in [0.05, 0.1) is 17.4 Å². The quantitative estimate of drug-likeness (QED) is 0.751. The molecule has 0 aromatic heterocycles. The van der Waals surface area contributed by atoms with Gasteiger partial charge in [-0.15, -0.1) is 0 Å². The molecule has 0 amide bonds. The lowest BCUT2D eigenvalue weighted by atomic mass is 10.0. The Morgan fingerprint density at radius 1 is 1.30 bits per heavy atom. The van der Waals surface area contributed by atoms with Gasteiger partial charge >= 0.3 is 6.18 Å². The van der Waals surface area contributed by atoms with Crippen molar-refractivity contribution in [1.29, 1.82) is 5.26 Å². The molecule has 0 bridgehead atoms. The van der Waals surface area contributed by atoms with Crippen LogP contribution < -0.4 is 0 Å². The minimum atomic E-state index is -4.45. The van der Waals surface area contributed by atoms with Gasteiger partial charge in [-0.05, 0) is 30.7 Å². The average molecular weight is 302 g/mol. The number of nitrogens with zero attached hydrogens (tertiary/aromatic N) is 1. The largest absolute Gasteiger partial charge is 0.490 e. The second-order valence-corrected chi connectivity index (χ2v) is 4.89. The predicted octanol–water partition coefficient (Wildman–Crippen LogP) is 4.51. The van der Waals surface area contributed by atoms with Crippen molar-refractivity contribution in [2.75, 3.05) is 0 Å². The third kappa shape index (κ3) is 3.45. The topological polar surface area (TPSA) is 33.0 Å². The molecule has 1 unspecified atom stereocenters. The summed E-state index contributed by atoms with van der Waals surface area (Å²) in [5.41, 5.74) is -0.133. The third-order valence-corrected chi connectivity index (χ3v) is 3.40. The zero-order valence-corrected chi connectivity index (χ0v) is 11.1. The van der Waals surface area contributed by atoms with E-state index in [0.717, 1.165) is 0 Å². The van der Waals surface area contributed by atoms with Crippen LogP contribution in [0.25, 0.3) is 0 Å². The van der Waals surface area contributed by atoms with Crippen molar-refractivity contribution in [3.63, 3.8) is 0 Å². The molecule has 0 radical (unpaired) electrons. The van der Waals surface area contributed by atoms with Gasteiger partial charge in [0.25, 0.3) is 0 Å². The van der Waals surface area contributed by atoms with Gasteiger partial charge in [0, 0.05) is 23.4 Å². The molecule has 0 fully saturated rings. The number of halogens is 4. The summed E-state index contributed by atoms with van der Waals surface area (Å²) in [7, 11) is 0. The Hall–Kier alpha value is -1.67. The van der Waals surface area contributed by atoms with E-state index in [0.29, 0.717) is 24.2 Å². The van der Waals surface area contributed by atoms with Crippen molar-refractivity contribution >= 4 is 11.6 Å². The smallest absolute Gasteiger partial charge is 0.414 e. The highest BCUT2D eigenvalue weighted by molar-refractivity contribution is 6.31. The Morgan fingerprint density at radius 3 is 2.60 bits per heavy atom. The van der Waals surface area contributed by atoms with E-state index < -0.39 is 17.9 Å². The molecule has 2 rings (SSSR count). The van der Waals surface area contributed by atoms with Crippen molar-refractivity contribution in [3.05, 3.63) is 46.2 Å². The van der Waals surface area contributed by atoms with Crippen LogP contribution in [0.3, 0.4) is 0 Å². The van der Waals surface area contributed by atoms with Gasteiger partial charge in [-0.25, -0.2) is 0 Å². The number of alkyl halides is 3. The molecule has 2 aliphatic carbocycles. The van der Waals surface area contributed by atoms with Crippen LogP contribution in [-0.4, -0.2) is 12.3 Å². The third-order valence-electron chi connectivity index (χ3n) is 3.05. The lowest BCUT2D eigenvalue weighted by molar-refractivity contribution is -0.0972. The fourth-order valence-electron chi connectivity index (χ4n) is 2.00. The molecule has 0 aromatic rings. The Bertz CT molecular complexity index is 564. The number of nitriles is 1. The molecule has 106 valence electrons. The molecular weight excluding hydrogens is 291 g/mol. The molecule has 0 heterocycles. The lowest BCUT2D eigenvalue weighted by Gasteiger charge is -2.24. The molecule has 6 heteroatoms. The van der Waals surface area contributed by atoms with Crippen LogP contribution in [0.4, 0.5) is 13.2 Å². The first-order chi connectivity index (χ1) is 9.40. The van der Waals surface area contributed by atoms with Crippen LogP contribution in [0.1, 0.15) is 19.3 Å². The van der Waals surface area contributed by atoms with Crippen LogP contribution in [0.2, 0.25) is 0 Å². The van der Waals surface area contributed by atoms with Gasteiger partial charge in [-0.1, -0.05) is 11.6 Å². The van der Waals surface area contributed by atoms with Gasteiger partial charge in [0.15, 0.2) is 0 Å². The number of ether oxygens (including phenoxy) is 1. The van der Waals surface area contributed by atoms with E-state index in [1.165, 1.54) is 12.2 Å². The zero-order chi connectivity index (χ0) is 14.8. The Kier molecular flexibility index (Phi) is 4.24. The maximum atomic E-state index is 12.7. The van der Waals surface area contributed by atoms with E-state index in [-0.39, 0.29) is 11.5 Å². The molecule has 0 N–H and O–H groups in total. The van der Waals surface area contributed by atoms with Crippen LogP contribution in [0.5, 0.6) is 0 Å². The summed E-state index contributed by atoms with van der Waals surface area (Å²) in [6.07, 6.45) is 1.62. The second kappa shape index (κ2) is 5.76. The van der Waals surface area contributed by atoms with Gasteiger partial charge in [0.1, 0.15) is 6.10 Å². The maximum absolute atomic E-state index is 12.7. The first kappa shape index (κ1) is 14.7. The monoisotopic (exact) mass is 301 g/mol. The van der Waals surface area contributed by atoms with Crippen molar-refractivity contribution in [2.45, 2.75) is 31.5 Å². The summed E-state index contributed by atoms with van der Waals surface area (Å²) >= 11 is 5.57. The van der Waals surface area contributed by atoms with Crippen molar-refractivity contribution < 1.29 is 17.9 Å². The summed E-state index contributed by atoms with van der Waals surface area (Å²) in [6, 6.07) is 2.03. The molecule has 1 atom stereocenters. The molecule has 0 saturated heterocycles. The Morgan fingerprint density at radius 2 is 2.05 bits per heavy atom. The van der Waals surface area contributed by atoms with Gasteiger partial charge in [-0.3, -0.25) is 0 Å². The van der Waals surface area contributed by atoms with E-state index in [1.807, 2.05) is 6.07 Å². The molecule has 20 heavy (non-hydrogen) atoms. The maximum Gasteiger partial charge on any atom is 0.414 e. The van der Waals surface area contributed by atoms with Crippen molar-refractivity contribution in [3.8, 4) is 6.07 Å². The first-order valence-corrected chi connectivity index (χ1v) is 6.38. The van der Waals surface area contributed by atoms with Gasteiger partial charge in [0.2, 0.25) is 0 Å². The van der Waals surface area contributed by atoms with Crippen molar-refractivity contribution in [2.24, 2.45) is 0 Å². The van der Waals surface area contributed by atoms with Crippen LogP contribution in [0.15, 0.2) is 46.2 Å². The molecule has 0 aromatic carbocycles. The molecule has 2 nitrogen and oxygen atoms in total. The van der Waals surface area contributed by atoms with E-state index in [4.69, 9.17) is 21.6 Å². The normalized spacial score (nSPS) is 23.1. The molecule has 0 saturated carbocycles.